The van der Waals surface area contributed by atoms with E-state index in [4.69, 9.17) is 5.73 Å². The molecule has 0 aromatic heterocycles. The highest BCUT2D eigenvalue weighted by Crippen LogP contribution is 2.45. The molecule has 0 spiro atoms. The van der Waals surface area contributed by atoms with Crippen LogP contribution < -0.4 is 5.73 Å². The number of nitrogens with zero attached hydrogens (tertiary/aromatic N) is 1. The first-order valence-corrected chi connectivity index (χ1v) is 12.6. The number of carbonyl (C=O) groups is 1. The molecule has 33 heavy (non-hydrogen) atoms. The lowest BCUT2D eigenvalue weighted by Crippen LogP contribution is -2.51. The summed E-state index contributed by atoms with van der Waals surface area (Å²) in [5, 5.41) is 10.00. The summed E-state index contributed by atoms with van der Waals surface area (Å²) in [7, 11) is 2.30. The zero-order valence-electron chi connectivity index (χ0n) is 19.2. The zero-order valence-corrected chi connectivity index (χ0v) is 20.0. The third-order valence-corrected chi connectivity index (χ3v) is 8.25. The van der Waals surface area contributed by atoms with Crippen molar-refractivity contribution in [1.82, 2.24) is 0 Å². The first kappa shape index (κ1) is 23.4. The summed E-state index contributed by atoms with van der Waals surface area (Å²) in [6.07, 6.45) is 2.00. The summed E-state index contributed by atoms with van der Waals surface area (Å²) in [4.78, 5) is 14.2. The van der Waals surface area contributed by atoms with Crippen molar-refractivity contribution in [3.8, 4) is 5.75 Å². The van der Waals surface area contributed by atoms with Gasteiger partial charge in [-0.3, -0.25) is 4.79 Å². The lowest BCUT2D eigenvalue weighted by Gasteiger charge is -2.38. The molecule has 4 rings (SSSR count). The number of thioether (sulfide) groups is 1. The van der Waals surface area contributed by atoms with Gasteiger partial charge in [-0.2, -0.15) is 0 Å². The molecule has 3 N–H and O–H groups in total. The molecule has 5 heteroatoms. The van der Waals surface area contributed by atoms with Crippen molar-refractivity contribution in [1.29, 1.82) is 0 Å². The SMILES string of the molecule is C[N@@+]1(CCCSc2ccccc2O)CCC(C(C(N)=O)(c2ccccc2)c2ccccc2)C1. The van der Waals surface area contributed by atoms with Gasteiger partial charge in [0.25, 0.3) is 0 Å². The minimum atomic E-state index is -0.830. The van der Waals surface area contributed by atoms with Crippen LogP contribution in [0.5, 0.6) is 5.75 Å². The van der Waals surface area contributed by atoms with Gasteiger partial charge in [-0.05, 0) is 23.3 Å². The lowest BCUT2D eigenvalue weighted by atomic mass is 9.64. The predicted molar refractivity (Wildman–Crippen MR) is 135 cm³/mol. The minimum absolute atomic E-state index is 0.135. The second kappa shape index (κ2) is 10.0. The third kappa shape index (κ3) is 4.80. The Morgan fingerprint density at radius 3 is 2.15 bits per heavy atom. The molecule has 3 aromatic carbocycles. The number of aromatic hydroxyl groups is 1. The normalized spacial score (nSPS) is 20.6. The number of amides is 1. The molecule has 4 nitrogen and oxygen atoms in total. The molecule has 1 saturated heterocycles. The fourth-order valence-corrected chi connectivity index (χ4v) is 6.36. The molecule has 1 fully saturated rings. The Morgan fingerprint density at radius 1 is 1.00 bits per heavy atom. The average molecular weight is 462 g/mol. The van der Waals surface area contributed by atoms with Gasteiger partial charge in [-0.25, -0.2) is 0 Å². The minimum Gasteiger partial charge on any atom is -0.507 e. The Labute approximate surface area is 201 Å². The number of carbonyl (C=O) groups excluding carboxylic acids is 1. The van der Waals surface area contributed by atoms with Crippen LogP contribution in [0.3, 0.4) is 0 Å². The molecule has 1 unspecified atom stereocenters. The van der Waals surface area contributed by atoms with E-state index in [0.717, 1.165) is 58.7 Å². The van der Waals surface area contributed by atoms with Crippen LogP contribution >= 0.6 is 11.8 Å². The maximum Gasteiger partial charge on any atom is 0.233 e. The van der Waals surface area contributed by atoms with Gasteiger partial charge < -0.3 is 15.3 Å². The number of hydrogen-bond donors (Lipinski definition) is 2. The number of quaternary nitrogens is 1. The average Bonchev–Trinajstić information content (AvgIpc) is 3.22. The van der Waals surface area contributed by atoms with Gasteiger partial charge in [0.15, 0.2) is 0 Å². The highest BCUT2D eigenvalue weighted by molar-refractivity contribution is 7.99. The Kier molecular flexibility index (Phi) is 7.11. The van der Waals surface area contributed by atoms with E-state index in [1.54, 1.807) is 17.8 Å². The summed E-state index contributed by atoms with van der Waals surface area (Å²) < 4.78 is 0.931. The van der Waals surface area contributed by atoms with Crippen molar-refractivity contribution in [3.63, 3.8) is 0 Å². The van der Waals surface area contributed by atoms with Gasteiger partial charge >= 0.3 is 0 Å². The van der Waals surface area contributed by atoms with Crippen molar-refractivity contribution >= 4 is 17.7 Å². The number of para-hydroxylation sites is 1. The number of hydrogen-bond acceptors (Lipinski definition) is 3. The predicted octanol–water partition coefficient (Wildman–Crippen LogP) is 4.81. The molecule has 2 atom stereocenters. The van der Waals surface area contributed by atoms with Gasteiger partial charge in [-0.15, -0.1) is 11.8 Å². The number of rotatable bonds is 9. The van der Waals surface area contributed by atoms with E-state index in [9.17, 15) is 9.90 Å². The number of likely N-dealkylation sites (tertiary alicyclic amines) is 1. The van der Waals surface area contributed by atoms with Crippen LogP contribution in [-0.2, 0) is 10.2 Å². The van der Waals surface area contributed by atoms with Gasteiger partial charge in [0.1, 0.15) is 11.2 Å². The Balaban J connectivity index is 1.53. The molecule has 1 aliphatic heterocycles. The molecule has 172 valence electrons. The van der Waals surface area contributed by atoms with Crippen LogP contribution in [0.2, 0.25) is 0 Å². The van der Waals surface area contributed by atoms with Gasteiger partial charge in [0.05, 0.1) is 26.7 Å². The van der Waals surface area contributed by atoms with Crippen molar-refractivity contribution in [2.75, 3.05) is 32.4 Å². The van der Waals surface area contributed by atoms with Crippen molar-refractivity contribution in [2.24, 2.45) is 11.7 Å². The maximum absolute atomic E-state index is 13.3. The van der Waals surface area contributed by atoms with E-state index in [2.05, 4.69) is 7.05 Å². The summed E-state index contributed by atoms with van der Waals surface area (Å²) in [6.45, 7) is 2.98. The molecule has 0 radical (unpaired) electrons. The van der Waals surface area contributed by atoms with Crippen LogP contribution in [0.15, 0.2) is 89.8 Å². The van der Waals surface area contributed by atoms with Crippen LogP contribution in [0.4, 0.5) is 0 Å². The second-order valence-corrected chi connectivity index (χ2v) is 10.4. The second-order valence-electron chi connectivity index (χ2n) is 9.31. The van der Waals surface area contributed by atoms with E-state index in [0.29, 0.717) is 5.75 Å². The largest absolute Gasteiger partial charge is 0.507 e. The van der Waals surface area contributed by atoms with E-state index in [1.165, 1.54) is 0 Å². The monoisotopic (exact) mass is 461 g/mol. The van der Waals surface area contributed by atoms with Crippen LogP contribution in [0.25, 0.3) is 0 Å². The molecule has 0 saturated carbocycles. The third-order valence-electron chi connectivity index (χ3n) is 7.10. The number of phenolic OH excluding ortho intramolecular Hbond substituents is 1. The fourth-order valence-electron chi connectivity index (χ4n) is 5.47. The molecular weight excluding hydrogens is 428 g/mol. The Morgan fingerprint density at radius 2 is 1.58 bits per heavy atom. The van der Waals surface area contributed by atoms with Crippen LogP contribution in [0.1, 0.15) is 24.0 Å². The Bertz CT molecular complexity index is 1030. The molecule has 3 aromatic rings. The molecule has 1 aliphatic rings. The summed E-state index contributed by atoms with van der Waals surface area (Å²) in [6, 6.07) is 27.6. The van der Waals surface area contributed by atoms with E-state index in [-0.39, 0.29) is 11.8 Å². The van der Waals surface area contributed by atoms with Gasteiger partial charge in [0.2, 0.25) is 5.91 Å². The highest BCUT2D eigenvalue weighted by atomic mass is 32.2. The maximum atomic E-state index is 13.3. The van der Waals surface area contributed by atoms with E-state index < -0.39 is 5.41 Å². The van der Waals surface area contributed by atoms with E-state index in [1.807, 2.05) is 78.9 Å². The zero-order chi connectivity index (χ0) is 23.3. The highest BCUT2D eigenvalue weighted by Gasteiger charge is 2.53. The molecule has 0 bridgehead atoms. The van der Waals surface area contributed by atoms with Crippen molar-refractivity contribution in [3.05, 3.63) is 96.1 Å². The van der Waals surface area contributed by atoms with Crippen molar-refractivity contribution in [2.45, 2.75) is 23.2 Å². The number of phenols is 1. The summed E-state index contributed by atoms with van der Waals surface area (Å²) in [5.74, 6) is 1.17. The van der Waals surface area contributed by atoms with Gasteiger partial charge in [-0.1, -0.05) is 72.8 Å². The fraction of sp³-hybridized carbons (Fsp3) is 0.321. The molecule has 1 heterocycles. The number of primary amides is 1. The summed E-state index contributed by atoms with van der Waals surface area (Å²) >= 11 is 1.70. The lowest BCUT2D eigenvalue weighted by molar-refractivity contribution is -0.899. The number of nitrogens with two attached hydrogens (primary N) is 1. The smallest absolute Gasteiger partial charge is 0.233 e. The molecule has 1 amide bonds. The van der Waals surface area contributed by atoms with Gasteiger partial charge in [0, 0.05) is 29.4 Å². The van der Waals surface area contributed by atoms with E-state index >= 15 is 0 Å². The van der Waals surface area contributed by atoms with Crippen molar-refractivity contribution < 1.29 is 14.4 Å². The number of benzene rings is 3. The first-order valence-electron chi connectivity index (χ1n) is 11.6. The summed E-state index contributed by atoms with van der Waals surface area (Å²) in [5.41, 5.74) is 7.37. The quantitative estimate of drug-likeness (QED) is 0.273. The van der Waals surface area contributed by atoms with Crippen LogP contribution in [0, 0.1) is 5.92 Å². The first-order chi connectivity index (χ1) is 16.0. The molecule has 0 aliphatic carbocycles. The topological polar surface area (TPSA) is 63.3 Å². The standard InChI is InChI=1S/C28H32N2O2S/c1-30(18-10-20-33-26-16-9-8-15-25(26)31)19-17-24(21-30)28(27(29)32,22-11-4-2-5-12-22)23-13-6-3-7-14-23/h2-9,11-16,24H,10,17-21H2,1H3,(H2-,29,31,32)/p+1/t24?,30-/m1/s1. The Hall–Kier alpha value is -2.76. The molecular formula is C28H33N2O2S+. The van der Waals surface area contributed by atoms with Crippen LogP contribution in [-0.4, -0.2) is 47.9 Å².